The minimum Gasteiger partial charge on any atom is -0.493 e. The van der Waals surface area contributed by atoms with E-state index in [9.17, 15) is 18.0 Å². The second-order valence-corrected chi connectivity index (χ2v) is 4.03. The molecule has 0 fully saturated rings. The van der Waals surface area contributed by atoms with Crippen LogP contribution in [-0.4, -0.2) is 34.6 Å². The molecule has 2 rings (SSSR count). The largest absolute Gasteiger partial charge is 0.493 e. The normalized spacial score (nSPS) is 10.6. The molecule has 118 valence electrons. The van der Waals surface area contributed by atoms with E-state index in [1.165, 1.54) is 0 Å². The van der Waals surface area contributed by atoms with Crippen LogP contribution in [0.2, 0.25) is 0 Å². The quantitative estimate of drug-likeness (QED) is 0.677. The molecule has 1 heterocycles. The lowest BCUT2D eigenvalue weighted by molar-refractivity contribution is 0.0520. The summed E-state index contributed by atoms with van der Waals surface area (Å²) in [6.45, 7) is 3.28. The lowest BCUT2D eigenvalue weighted by atomic mass is 10.1. The van der Waals surface area contributed by atoms with Crippen molar-refractivity contribution in [1.29, 1.82) is 0 Å². The molecule has 0 aliphatic rings. The highest BCUT2D eigenvalue weighted by atomic mass is 19.2. The number of nitrogens with one attached hydrogen (secondary N) is 1. The van der Waals surface area contributed by atoms with Crippen LogP contribution < -0.4 is 4.74 Å². The van der Waals surface area contributed by atoms with Crippen molar-refractivity contribution in [1.82, 2.24) is 15.4 Å². The van der Waals surface area contributed by atoms with Gasteiger partial charge >= 0.3 is 5.97 Å². The number of aromatic amines is 1. The molecule has 0 aliphatic carbocycles. The van der Waals surface area contributed by atoms with Crippen molar-refractivity contribution in [3.8, 4) is 17.0 Å². The van der Waals surface area contributed by atoms with Crippen molar-refractivity contribution in [2.45, 2.75) is 13.8 Å². The highest BCUT2D eigenvalue weighted by molar-refractivity contribution is 5.94. The summed E-state index contributed by atoms with van der Waals surface area (Å²) in [6, 6.07) is 0.681. The average Bonchev–Trinajstić information content (AvgIpc) is 2.95. The summed E-state index contributed by atoms with van der Waals surface area (Å²) in [5.41, 5.74) is -1.18. The molecule has 0 radical (unpaired) electrons. The fourth-order valence-corrected chi connectivity index (χ4v) is 1.81. The fourth-order valence-electron chi connectivity index (χ4n) is 1.81. The van der Waals surface area contributed by atoms with Crippen LogP contribution >= 0.6 is 0 Å². The van der Waals surface area contributed by atoms with Gasteiger partial charge in [0.2, 0.25) is 0 Å². The molecule has 0 atom stereocenters. The molecule has 0 aliphatic heterocycles. The van der Waals surface area contributed by atoms with Gasteiger partial charge in [-0.25, -0.2) is 18.0 Å². The molecule has 0 bridgehead atoms. The van der Waals surface area contributed by atoms with Crippen LogP contribution in [0.1, 0.15) is 24.3 Å². The van der Waals surface area contributed by atoms with Gasteiger partial charge in [-0.2, -0.15) is 10.3 Å². The van der Waals surface area contributed by atoms with E-state index in [1.54, 1.807) is 13.8 Å². The summed E-state index contributed by atoms with van der Waals surface area (Å²) in [4.78, 5) is 11.8. The van der Waals surface area contributed by atoms with Gasteiger partial charge in [0.25, 0.3) is 0 Å². The van der Waals surface area contributed by atoms with Crippen LogP contribution in [0.3, 0.4) is 0 Å². The van der Waals surface area contributed by atoms with E-state index in [1.807, 2.05) is 0 Å². The van der Waals surface area contributed by atoms with E-state index in [0.29, 0.717) is 6.07 Å². The monoisotopic (exact) mass is 315 g/mol. The molecule has 1 N–H and O–H groups in total. The molecule has 1 aromatic heterocycles. The number of hydrogen-bond donors (Lipinski definition) is 1. The maximum atomic E-state index is 14.1. The van der Waals surface area contributed by atoms with Gasteiger partial charge in [0.05, 0.1) is 18.8 Å². The van der Waals surface area contributed by atoms with Crippen molar-refractivity contribution in [2.24, 2.45) is 0 Å². The topological polar surface area (TPSA) is 77.1 Å². The minimum absolute atomic E-state index is 0.0592. The molecule has 0 amide bonds. The zero-order valence-electron chi connectivity index (χ0n) is 11.7. The second kappa shape index (κ2) is 6.46. The third kappa shape index (κ3) is 2.74. The van der Waals surface area contributed by atoms with Gasteiger partial charge in [-0.05, 0) is 13.8 Å². The first kappa shape index (κ1) is 15.8. The van der Waals surface area contributed by atoms with E-state index in [2.05, 4.69) is 15.4 Å². The Kier molecular flexibility index (Phi) is 4.64. The number of halogens is 3. The number of aromatic nitrogens is 3. The number of carbonyl (C=O) groups excluding carboxylic acids is 1. The maximum Gasteiger partial charge on any atom is 0.361 e. The van der Waals surface area contributed by atoms with E-state index in [4.69, 9.17) is 9.47 Å². The number of esters is 1. The van der Waals surface area contributed by atoms with Crippen molar-refractivity contribution >= 4 is 5.97 Å². The number of hydrogen-bond acceptors (Lipinski definition) is 5. The maximum absolute atomic E-state index is 14.1. The van der Waals surface area contributed by atoms with E-state index in [-0.39, 0.29) is 30.4 Å². The van der Waals surface area contributed by atoms with Gasteiger partial charge in [0, 0.05) is 6.07 Å². The van der Waals surface area contributed by atoms with E-state index < -0.39 is 29.0 Å². The highest BCUT2D eigenvalue weighted by Crippen LogP contribution is 2.35. The first-order valence-corrected chi connectivity index (χ1v) is 6.39. The van der Waals surface area contributed by atoms with Crippen LogP contribution in [0.15, 0.2) is 6.07 Å². The summed E-state index contributed by atoms with van der Waals surface area (Å²) in [6.07, 6.45) is 0. The number of nitrogens with zero attached hydrogens (tertiary/aromatic N) is 2. The lowest BCUT2D eigenvalue weighted by Crippen LogP contribution is -2.09. The van der Waals surface area contributed by atoms with Gasteiger partial charge in [-0.3, -0.25) is 0 Å². The highest BCUT2D eigenvalue weighted by Gasteiger charge is 2.28. The van der Waals surface area contributed by atoms with E-state index in [0.717, 1.165) is 0 Å². The van der Waals surface area contributed by atoms with Crippen molar-refractivity contribution in [3.05, 3.63) is 29.2 Å². The standard InChI is InChI=1S/C13H12F3N3O3/c1-3-21-7-5-6(14)9(15)10(16)8(7)11-12(18-19-17-11)13(20)22-4-2/h5H,3-4H2,1-2H3,(H,17,18,19). The predicted octanol–water partition coefficient (Wildman–Crippen LogP) is 2.46. The van der Waals surface area contributed by atoms with Crippen LogP contribution in [0.25, 0.3) is 11.3 Å². The van der Waals surface area contributed by atoms with Crippen molar-refractivity contribution < 1.29 is 27.4 Å². The van der Waals surface area contributed by atoms with Crippen LogP contribution in [0.4, 0.5) is 13.2 Å². The lowest BCUT2D eigenvalue weighted by Gasteiger charge is -2.11. The summed E-state index contributed by atoms with van der Waals surface area (Å²) >= 11 is 0. The molecule has 22 heavy (non-hydrogen) atoms. The summed E-state index contributed by atoms with van der Waals surface area (Å²) < 4.78 is 50.8. The Morgan fingerprint density at radius 3 is 2.55 bits per heavy atom. The van der Waals surface area contributed by atoms with E-state index >= 15 is 0 Å². The van der Waals surface area contributed by atoms with Crippen molar-refractivity contribution in [3.63, 3.8) is 0 Å². The molecule has 0 saturated carbocycles. The molecule has 2 aromatic rings. The summed E-state index contributed by atoms with van der Waals surface area (Å²) in [7, 11) is 0. The zero-order valence-corrected chi connectivity index (χ0v) is 11.7. The van der Waals surface area contributed by atoms with Gasteiger partial charge in [0.15, 0.2) is 23.1 Å². The molecule has 0 spiro atoms. The first-order chi connectivity index (χ1) is 10.5. The molecule has 0 unspecified atom stereocenters. The first-order valence-electron chi connectivity index (χ1n) is 6.39. The van der Waals surface area contributed by atoms with Crippen LogP contribution in [0.5, 0.6) is 5.75 Å². The summed E-state index contributed by atoms with van der Waals surface area (Å²) in [5, 5.41) is 9.30. The van der Waals surface area contributed by atoms with Gasteiger partial charge < -0.3 is 9.47 Å². The smallest absolute Gasteiger partial charge is 0.361 e. The van der Waals surface area contributed by atoms with Crippen LogP contribution in [-0.2, 0) is 4.74 Å². The molecular formula is C13H12F3N3O3. The summed E-state index contributed by atoms with van der Waals surface area (Å²) in [5.74, 6) is -5.80. The number of rotatable bonds is 5. The Morgan fingerprint density at radius 2 is 1.91 bits per heavy atom. The van der Waals surface area contributed by atoms with Gasteiger partial charge in [-0.15, -0.1) is 5.10 Å². The molecule has 6 nitrogen and oxygen atoms in total. The molecular weight excluding hydrogens is 303 g/mol. The SMILES string of the molecule is CCOC(=O)c1n[nH]nc1-c1c(OCC)cc(F)c(F)c1F. The number of H-pyrrole nitrogens is 1. The molecule has 1 aromatic carbocycles. The zero-order chi connectivity index (χ0) is 16.3. The molecule has 9 heteroatoms. The number of benzene rings is 1. The Hall–Kier alpha value is -2.58. The number of ether oxygens (including phenoxy) is 2. The van der Waals surface area contributed by atoms with Crippen molar-refractivity contribution in [2.75, 3.05) is 13.2 Å². The Labute approximate surface area is 123 Å². The Balaban J connectivity index is 2.65. The Morgan fingerprint density at radius 1 is 1.18 bits per heavy atom. The van der Waals surface area contributed by atoms with Gasteiger partial charge in [0.1, 0.15) is 11.4 Å². The fraction of sp³-hybridized carbons (Fsp3) is 0.308. The average molecular weight is 315 g/mol. The van der Waals surface area contributed by atoms with Crippen LogP contribution in [0, 0.1) is 17.5 Å². The predicted molar refractivity (Wildman–Crippen MR) is 68.8 cm³/mol. The van der Waals surface area contributed by atoms with Gasteiger partial charge in [-0.1, -0.05) is 0 Å². The third-order valence-corrected chi connectivity index (χ3v) is 2.68. The molecule has 0 saturated heterocycles. The number of carbonyl (C=O) groups is 1. The Bertz CT molecular complexity index is 703. The minimum atomic E-state index is -1.70. The third-order valence-electron chi connectivity index (χ3n) is 2.68. The second-order valence-electron chi connectivity index (χ2n) is 4.03.